The maximum absolute atomic E-state index is 13.5. The number of benzene rings is 3. The van der Waals surface area contributed by atoms with Crippen LogP contribution in [0.2, 0.25) is 0 Å². The van der Waals surface area contributed by atoms with E-state index >= 15 is 0 Å². The highest BCUT2D eigenvalue weighted by molar-refractivity contribution is 7.89. The lowest BCUT2D eigenvalue weighted by Crippen LogP contribution is -2.32. The highest BCUT2D eigenvalue weighted by Crippen LogP contribution is 2.40. The molecule has 1 heterocycles. The molecule has 1 aliphatic heterocycles. The summed E-state index contributed by atoms with van der Waals surface area (Å²) in [5.41, 5.74) is 2.59. The molecule has 0 bridgehead atoms. The molecule has 0 radical (unpaired) electrons. The number of aryl methyl sites for hydroxylation is 1. The minimum absolute atomic E-state index is 0.108. The fourth-order valence-corrected chi connectivity index (χ4v) is 5.38. The van der Waals surface area contributed by atoms with E-state index in [4.69, 9.17) is 9.47 Å². The Bertz CT molecular complexity index is 1330. The Morgan fingerprint density at radius 3 is 2.24 bits per heavy atom. The molecule has 1 aliphatic rings. The summed E-state index contributed by atoms with van der Waals surface area (Å²) >= 11 is 0. The molecule has 0 spiro atoms. The summed E-state index contributed by atoms with van der Waals surface area (Å²) in [6.45, 7) is 5.99. The largest absolute Gasteiger partial charge is 0.497 e. The number of carbonyl (C=O) groups is 1. The number of sulfonamides is 1. The van der Waals surface area contributed by atoms with Crippen LogP contribution in [-0.4, -0.2) is 32.3 Å². The number of nitrogens with zero attached hydrogens (tertiary/aromatic N) is 1. The van der Waals surface area contributed by atoms with Gasteiger partial charge in [-0.25, -0.2) is 13.2 Å². The summed E-state index contributed by atoms with van der Waals surface area (Å²) < 4.78 is 39.2. The van der Waals surface area contributed by atoms with Crippen molar-refractivity contribution < 1.29 is 22.7 Å². The van der Waals surface area contributed by atoms with Gasteiger partial charge in [-0.1, -0.05) is 60.7 Å². The minimum Gasteiger partial charge on any atom is -0.497 e. The third-order valence-corrected chi connectivity index (χ3v) is 7.53. The van der Waals surface area contributed by atoms with Crippen molar-refractivity contribution in [2.24, 2.45) is 0 Å². The standard InChI is InChI=1S/C27H25NO5S/c1-19-9-15-24(16-10-19)34(30,31)28-18-17-25(26(28)21-7-5-4-6-8-21)20(2)33-27(29)22-11-13-23(32-3)14-12-22/h4-17,26H,2,18H2,1,3H3. The zero-order valence-electron chi connectivity index (χ0n) is 19.0. The number of hydrogen-bond donors (Lipinski definition) is 0. The maximum Gasteiger partial charge on any atom is 0.343 e. The number of rotatable bonds is 7. The first-order chi connectivity index (χ1) is 16.3. The van der Waals surface area contributed by atoms with Crippen LogP contribution in [0.3, 0.4) is 0 Å². The SMILES string of the molecule is C=C(OC(=O)c1ccc(OC)cc1)C1=CCN(S(=O)(=O)c2ccc(C)cc2)C1c1ccccc1. The van der Waals surface area contributed by atoms with Gasteiger partial charge in [0.25, 0.3) is 0 Å². The van der Waals surface area contributed by atoms with Crippen LogP contribution >= 0.6 is 0 Å². The molecule has 0 aliphatic carbocycles. The van der Waals surface area contributed by atoms with Gasteiger partial charge in [-0.2, -0.15) is 4.31 Å². The summed E-state index contributed by atoms with van der Waals surface area (Å²) in [4.78, 5) is 12.9. The Labute approximate surface area is 199 Å². The average Bonchev–Trinajstić information content (AvgIpc) is 3.31. The summed E-state index contributed by atoms with van der Waals surface area (Å²) in [6.07, 6.45) is 1.74. The van der Waals surface area contributed by atoms with Gasteiger partial charge in [-0.15, -0.1) is 0 Å². The van der Waals surface area contributed by atoms with Gasteiger partial charge >= 0.3 is 5.97 Å². The molecular formula is C27H25NO5S. The molecule has 0 saturated carbocycles. The van der Waals surface area contributed by atoms with Crippen LogP contribution in [0.15, 0.2) is 108 Å². The summed E-state index contributed by atoms with van der Waals surface area (Å²) in [6, 6.07) is 21.8. The molecule has 0 saturated heterocycles. The molecule has 0 N–H and O–H groups in total. The fraction of sp³-hybridized carbons (Fsp3) is 0.148. The molecule has 7 heteroatoms. The molecule has 1 atom stereocenters. The molecule has 4 rings (SSSR count). The molecule has 174 valence electrons. The Hall–Kier alpha value is -3.68. The van der Waals surface area contributed by atoms with Crippen molar-refractivity contribution in [3.8, 4) is 5.75 Å². The van der Waals surface area contributed by atoms with Crippen LogP contribution < -0.4 is 4.74 Å². The van der Waals surface area contributed by atoms with Crippen molar-refractivity contribution in [3.05, 3.63) is 120 Å². The first kappa shape index (κ1) is 23.5. The van der Waals surface area contributed by atoms with Crippen LogP contribution in [-0.2, 0) is 14.8 Å². The van der Waals surface area contributed by atoms with E-state index in [1.807, 2.05) is 37.3 Å². The van der Waals surface area contributed by atoms with E-state index in [2.05, 4.69) is 6.58 Å². The number of hydrogen-bond acceptors (Lipinski definition) is 5. The van der Waals surface area contributed by atoms with Gasteiger partial charge in [-0.05, 0) is 48.9 Å². The van der Waals surface area contributed by atoms with Gasteiger partial charge in [-0.3, -0.25) is 0 Å². The third-order valence-electron chi connectivity index (χ3n) is 5.68. The highest BCUT2D eigenvalue weighted by Gasteiger charge is 2.39. The van der Waals surface area contributed by atoms with Crippen LogP contribution in [0.5, 0.6) is 5.75 Å². The van der Waals surface area contributed by atoms with E-state index in [1.165, 1.54) is 4.31 Å². The molecule has 0 amide bonds. The zero-order chi connectivity index (χ0) is 24.3. The van der Waals surface area contributed by atoms with Gasteiger partial charge < -0.3 is 9.47 Å². The van der Waals surface area contributed by atoms with E-state index < -0.39 is 22.0 Å². The van der Waals surface area contributed by atoms with E-state index in [-0.39, 0.29) is 17.2 Å². The molecule has 0 aromatic heterocycles. The van der Waals surface area contributed by atoms with Crippen molar-refractivity contribution in [1.82, 2.24) is 4.31 Å². The number of carbonyl (C=O) groups excluding carboxylic acids is 1. The van der Waals surface area contributed by atoms with Gasteiger partial charge in [0, 0.05) is 12.1 Å². The van der Waals surface area contributed by atoms with Crippen molar-refractivity contribution in [2.75, 3.05) is 13.7 Å². The molecule has 3 aromatic carbocycles. The van der Waals surface area contributed by atoms with Crippen LogP contribution in [0, 0.1) is 6.92 Å². The second-order valence-corrected chi connectivity index (χ2v) is 9.79. The van der Waals surface area contributed by atoms with Gasteiger partial charge in [0.2, 0.25) is 10.0 Å². The predicted molar refractivity (Wildman–Crippen MR) is 130 cm³/mol. The predicted octanol–water partition coefficient (Wildman–Crippen LogP) is 5.05. The van der Waals surface area contributed by atoms with Crippen LogP contribution in [0.1, 0.15) is 27.5 Å². The lowest BCUT2D eigenvalue weighted by molar-refractivity contribution is 0.0631. The highest BCUT2D eigenvalue weighted by atomic mass is 32.2. The van der Waals surface area contributed by atoms with E-state index in [1.54, 1.807) is 61.7 Å². The van der Waals surface area contributed by atoms with Crippen molar-refractivity contribution in [2.45, 2.75) is 17.9 Å². The van der Waals surface area contributed by atoms with Gasteiger partial charge in [0.05, 0.1) is 23.6 Å². The quantitative estimate of drug-likeness (QED) is 0.353. The Morgan fingerprint density at radius 2 is 1.62 bits per heavy atom. The smallest absolute Gasteiger partial charge is 0.343 e. The average molecular weight is 476 g/mol. The van der Waals surface area contributed by atoms with E-state index in [0.717, 1.165) is 11.1 Å². The molecule has 1 unspecified atom stereocenters. The van der Waals surface area contributed by atoms with Gasteiger partial charge in [0.1, 0.15) is 11.5 Å². The number of methoxy groups -OCH3 is 1. The monoisotopic (exact) mass is 475 g/mol. The summed E-state index contributed by atoms with van der Waals surface area (Å²) in [5, 5.41) is 0. The Morgan fingerprint density at radius 1 is 0.971 bits per heavy atom. The molecule has 0 fully saturated rings. The van der Waals surface area contributed by atoms with Gasteiger partial charge in [0.15, 0.2) is 0 Å². The topological polar surface area (TPSA) is 72.9 Å². The second kappa shape index (κ2) is 9.67. The van der Waals surface area contributed by atoms with Crippen LogP contribution in [0.4, 0.5) is 0 Å². The first-order valence-corrected chi connectivity index (χ1v) is 12.1. The molecule has 3 aromatic rings. The first-order valence-electron chi connectivity index (χ1n) is 10.7. The van der Waals surface area contributed by atoms with Crippen LogP contribution in [0.25, 0.3) is 0 Å². The zero-order valence-corrected chi connectivity index (χ0v) is 19.8. The van der Waals surface area contributed by atoms with Crippen molar-refractivity contribution >= 4 is 16.0 Å². The number of esters is 1. The Kier molecular flexibility index (Phi) is 6.68. The van der Waals surface area contributed by atoms with Crippen molar-refractivity contribution in [3.63, 3.8) is 0 Å². The normalized spacial score (nSPS) is 16.1. The third kappa shape index (κ3) is 4.66. The lowest BCUT2D eigenvalue weighted by Gasteiger charge is -2.27. The fourth-order valence-electron chi connectivity index (χ4n) is 3.85. The summed E-state index contributed by atoms with van der Waals surface area (Å²) in [7, 11) is -2.28. The Balaban J connectivity index is 1.63. The van der Waals surface area contributed by atoms with Crippen molar-refractivity contribution in [1.29, 1.82) is 0 Å². The lowest BCUT2D eigenvalue weighted by atomic mass is 10.00. The number of ether oxygens (including phenoxy) is 2. The summed E-state index contributed by atoms with van der Waals surface area (Å²) in [5.74, 6) is 0.145. The second-order valence-electron chi connectivity index (χ2n) is 7.90. The molecule has 34 heavy (non-hydrogen) atoms. The molecule has 6 nitrogen and oxygen atoms in total. The molecular weight excluding hydrogens is 450 g/mol. The van der Waals surface area contributed by atoms with E-state index in [9.17, 15) is 13.2 Å². The maximum atomic E-state index is 13.5. The minimum atomic E-state index is -3.82. The van der Waals surface area contributed by atoms with E-state index in [0.29, 0.717) is 16.9 Å².